The minimum Gasteiger partial charge on any atom is -0.488 e. The van der Waals surface area contributed by atoms with Crippen molar-refractivity contribution in [1.82, 2.24) is 4.57 Å². The van der Waals surface area contributed by atoms with Gasteiger partial charge in [-0.2, -0.15) is 0 Å². The molecule has 5 aromatic rings. The summed E-state index contributed by atoms with van der Waals surface area (Å²) in [7, 11) is -2.85. The molecule has 0 radical (unpaired) electrons. The molecule has 0 atom stereocenters. The van der Waals surface area contributed by atoms with E-state index in [1.807, 2.05) is 60.9 Å². The van der Waals surface area contributed by atoms with Gasteiger partial charge in [0.15, 0.2) is 0 Å². The van der Waals surface area contributed by atoms with Gasteiger partial charge < -0.3 is 14.0 Å². The van der Waals surface area contributed by atoms with Crippen LogP contribution in [0, 0.1) is 5.82 Å². The van der Waals surface area contributed by atoms with Gasteiger partial charge in [-0.3, -0.25) is 0 Å². The van der Waals surface area contributed by atoms with Gasteiger partial charge in [-0.05, 0) is 72.1 Å². The summed E-state index contributed by atoms with van der Waals surface area (Å²) in [5, 5.41) is 0.434. The fourth-order valence-electron chi connectivity index (χ4n) is 4.82. The molecular formula is C32H28FNO5S. The second-order valence-electron chi connectivity index (χ2n) is 9.62. The summed E-state index contributed by atoms with van der Waals surface area (Å²) in [5.41, 5.74) is 2.95. The first-order valence-corrected chi connectivity index (χ1v) is 14.2. The minimum atomic E-state index is -4.12. The van der Waals surface area contributed by atoms with Gasteiger partial charge in [0.05, 0.1) is 28.5 Å². The predicted molar refractivity (Wildman–Crippen MR) is 151 cm³/mol. The second-order valence-corrected chi connectivity index (χ2v) is 11.5. The lowest BCUT2D eigenvalue weighted by molar-refractivity contribution is 0.0600. The number of ether oxygens (including phenoxy) is 2. The van der Waals surface area contributed by atoms with Crippen LogP contribution in [0.15, 0.2) is 107 Å². The third-order valence-corrected chi connectivity index (χ3v) is 8.51. The van der Waals surface area contributed by atoms with Crippen LogP contribution in [0.5, 0.6) is 5.75 Å². The molecule has 4 aromatic carbocycles. The number of hydrogen-bond acceptors (Lipinski definition) is 5. The minimum absolute atomic E-state index is 0.0260. The maximum atomic E-state index is 14.4. The number of methoxy groups -OCH3 is 1. The van der Waals surface area contributed by atoms with Crippen molar-refractivity contribution < 1.29 is 27.1 Å². The number of benzene rings is 4. The van der Waals surface area contributed by atoms with Gasteiger partial charge in [0.1, 0.15) is 23.1 Å². The Kier molecular flexibility index (Phi) is 7.45. The molecule has 0 saturated carbocycles. The number of nitrogens with zero attached hydrogens (tertiary/aromatic N) is 1. The molecule has 40 heavy (non-hydrogen) atoms. The van der Waals surface area contributed by atoms with Crippen LogP contribution in [0.25, 0.3) is 16.6 Å². The van der Waals surface area contributed by atoms with Crippen molar-refractivity contribution in [2.24, 2.45) is 0 Å². The van der Waals surface area contributed by atoms with E-state index in [0.29, 0.717) is 28.0 Å². The molecular weight excluding hydrogens is 529 g/mol. The van der Waals surface area contributed by atoms with Gasteiger partial charge in [0.2, 0.25) is 9.84 Å². The summed E-state index contributed by atoms with van der Waals surface area (Å²) in [5.74, 6) is -0.777. The van der Waals surface area contributed by atoms with Crippen molar-refractivity contribution in [2.45, 2.75) is 36.2 Å². The number of rotatable bonds is 8. The average Bonchev–Trinajstić information content (AvgIpc) is 3.34. The molecule has 0 aliphatic carbocycles. The van der Waals surface area contributed by atoms with Crippen LogP contribution in [-0.4, -0.2) is 26.1 Å². The highest BCUT2D eigenvalue weighted by Crippen LogP contribution is 2.43. The number of aromatic nitrogens is 1. The topological polar surface area (TPSA) is 74.6 Å². The highest BCUT2D eigenvalue weighted by molar-refractivity contribution is 7.91. The average molecular weight is 558 g/mol. The Morgan fingerprint density at radius 3 is 2.17 bits per heavy atom. The Hall–Kier alpha value is -4.43. The molecule has 6 nitrogen and oxygen atoms in total. The van der Waals surface area contributed by atoms with Crippen molar-refractivity contribution in [2.75, 3.05) is 7.11 Å². The number of halogens is 1. The van der Waals surface area contributed by atoms with E-state index < -0.39 is 21.6 Å². The maximum absolute atomic E-state index is 14.4. The van der Waals surface area contributed by atoms with Crippen LogP contribution in [0.2, 0.25) is 0 Å². The molecule has 1 aromatic heterocycles. The van der Waals surface area contributed by atoms with Gasteiger partial charge in [0, 0.05) is 11.4 Å². The van der Waals surface area contributed by atoms with Gasteiger partial charge in [-0.25, -0.2) is 17.6 Å². The smallest absolute Gasteiger partial charge is 0.337 e. The number of sulfone groups is 1. The lowest BCUT2D eigenvalue weighted by Crippen LogP contribution is -2.10. The van der Waals surface area contributed by atoms with Crippen LogP contribution < -0.4 is 4.74 Å². The predicted octanol–water partition coefficient (Wildman–Crippen LogP) is 7.09. The Morgan fingerprint density at radius 1 is 0.875 bits per heavy atom. The number of carbonyl (C=O) groups is 1. The van der Waals surface area contributed by atoms with Crippen LogP contribution in [0.1, 0.15) is 41.4 Å². The SMILES string of the molecule is COC(=O)c1ccc(S(=O)(=O)c2c(C(C)C)n(-c3ccc(F)cc3)c3cccc(OCc4ccccc4)c23)cc1. The molecule has 0 bridgehead atoms. The zero-order valence-corrected chi connectivity index (χ0v) is 23.1. The third kappa shape index (κ3) is 4.98. The Balaban J connectivity index is 1.78. The van der Waals surface area contributed by atoms with E-state index in [9.17, 15) is 17.6 Å². The van der Waals surface area contributed by atoms with Crippen molar-refractivity contribution in [3.63, 3.8) is 0 Å². The molecule has 0 N–H and O–H groups in total. The first kappa shape index (κ1) is 27.1. The molecule has 0 spiro atoms. The molecule has 204 valence electrons. The van der Waals surface area contributed by atoms with E-state index in [0.717, 1.165) is 5.56 Å². The Labute approximate surface area is 232 Å². The van der Waals surface area contributed by atoms with Crippen molar-refractivity contribution in [1.29, 1.82) is 0 Å². The highest BCUT2D eigenvalue weighted by Gasteiger charge is 2.33. The quantitative estimate of drug-likeness (QED) is 0.190. The zero-order valence-electron chi connectivity index (χ0n) is 22.3. The lowest BCUT2D eigenvalue weighted by atomic mass is 10.1. The molecule has 5 rings (SSSR count). The Morgan fingerprint density at radius 2 is 1.55 bits per heavy atom. The van der Waals surface area contributed by atoms with Gasteiger partial charge in [-0.15, -0.1) is 0 Å². The first-order valence-electron chi connectivity index (χ1n) is 12.8. The van der Waals surface area contributed by atoms with Crippen molar-refractivity contribution >= 4 is 26.7 Å². The lowest BCUT2D eigenvalue weighted by Gasteiger charge is -2.16. The number of hydrogen-bond donors (Lipinski definition) is 0. The molecule has 0 aliphatic rings. The fraction of sp³-hybridized carbons (Fsp3) is 0.156. The van der Waals surface area contributed by atoms with Crippen LogP contribution >= 0.6 is 0 Å². The molecule has 1 heterocycles. The number of esters is 1. The highest BCUT2D eigenvalue weighted by atomic mass is 32.2. The van der Waals surface area contributed by atoms with E-state index in [4.69, 9.17) is 9.47 Å². The summed E-state index contributed by atoms with van der Waals surface area (Å²) in [6, 6.07) is 26.6. The standard InChI is InChI=1S/C32H28FNO5S/c1-21(2)30-31(40(36,37)26-18-12-23(13-19-26)32(35)38-3)29-27(34(30)25-16-14-24(33)15-17-25)10-7-11-28(29)39-20-22-8-5-4-6-9-22/h4-19,21H,20H2,1-3H3. The van der Waals surface area contributed by atoms with Crippen molar-refractivity contribution in [3.8, 4) is 11.4 Å². The molecule has 0 fully saturated rings. The third-order valence-electron chi connectivity index (χ3n) is 6.67. The number of fused-ring (bicyclic) bond motifs is 1. The zero-order chi connectivity index (χ0) is 28.4. The van der Waals surface area contributed by atoms with Crippen LogP contribution in [-0.2, 0) is 21.2 Å². The second kappa shape index (κ2) is 11.0. The molecule has 0 aliphatic heterocycles. The molecule has 0 amide bonds. The largest absolute Gasteiger partial charge is 0.488 e. The summed E-state index contributed by atoms with van der Waals surface area (Å²) in [6.45, 7) is 4.07. The summed E-state index contributed by atoms with van der Waals surface area (Å²) in [6.07, 6.45) is 0. The normalized spacial score (nSPS) is 11.6. The summed E-state index contributed by atoms with van der Waals surface area (Å²) in [4.78, 5) is 12.1. The van der Waals surface area contributed by atoms with Crippen molar-refractivity contribution in [3.05, 3.63) is 120 Å². The molecule has 8 heteroatoms. The summed E-state index contributed by atoms with van der Waals surface area (Å²) >= 11 is 0. The van der Waals surface area contributed by atoms with Gasteiger partial charge in [0.25, 0.3) is 0 Å². The molecule has 0 unspecified atom stereocenters. The van der Waals surface area contributed by atoms with E-state index >= 15 is 0 Å². The molecule has 0 saturated heterocycles. The first-order chi connectivity index (χ1) is 19.2. The monoisotopic (exact) mass is 557 g/mol. The Bertz CT molecular complexity index is 1780. The number of carbonyl (C=O) groups excluding carboxylic acids is 1. The maximum Gasteiger partial charge on any atom is 0.337 e. The summed E-state index contributed by atoms with van der Waals surface area (Å²) < 4.78 is 55.5. The van der Waals surface area contributed by atoms with Gasteiger partial charge in [-0.1, -0.05) is 50.2 Å². The van der Waals surface area contributed by atoms with E-state index in [1.165, 1.54) is 43.5 Å². The van der Waals surface area contributed by atoms with Crippen LogP contribution in [0.3, 0.4) is 0 Å². The van der Waals surface area contributed by atoms with E-state index in [1.54, 1.807) is 18.2 Å². The van der Waals surface area contributed by atoms with Crippen LogP contribution in [0.4, 0.5) is 4.39 Å². The van der Waals surface area contributed by atoms with E-state index in [-0.39, 0.29) is 27.9 Å². The van der Waals surface area contributed by atoms with E-state index in [2.05, 4.69) is 0 Å². The van der Waals surface area contributed by atoms with Gasteiger partial charge >= 0.3 is 5.97 Å². The fourth-order valence-corrected chi connectivity index (χ4v) is 6.62.